The molecule has 0 heterocycles. The van der Waals surface area contributed by atoms with Crippen molar-refractivity contribution in [2.45, 2.75) is 32.7 Å². The summed E-state index contributed by atoms with van der Waals surface area (Å²) >= 11 is 0. The van der Waals surface area contributed by atoms with Crippen LogP contribution in [0.4, 0.5) is 9.18 Å². The van der Waals surface area contributed by atoms with Gasteiger partial charge in [0.05, 0.1) is 13.2 Å². The van der Waals surface area contributed by atoms with E-state index in [0.29, 0.717) is 6.54 Å². The van der Waals surface area contributed by atoms with Gasteiger partial charge in [0, 0.05) is 12.1 Å². The minimum Gasteiger partial charge on any atom is -0.447 e. The highest BCUT2D eigenvalue weighted by Gasteiger charge is 2.27. The Labute approximate surface area is 132 Å². The van der Waals surface area contributed by atoms with Crippen molar-refractivity contribution in [2.75, 3.05) is 33.0 Å². The summed E-state index contributed by atoms with van der Waals surface area (Å²) in [7, 11) is 0. The first-order chi connectivity index (χ1) is 10.4. The predicted octanol–water partition coefficient (Wildman–Crippen LogP) is 3.45. The molecular formula is C17H26FNO3. The number of halogens is 1. The van der Waals surface area contributed by atoms with Crippen LogP contribution in [0.1, 0.15) is 26.3 Å². The van der Waals surface area contributed by atoms with E-state index >= 15 is 0 Å². The Bertz CT molecular complexity index is 431. The monoisotopic (exact) mass is 311 g/mol. The normalized spacial score (nSPS) is 11.3. The number of nitrogens with zero attached hydrogens (tertiary/aromatic N) is 1. The Kier molecular flexibility index (Phi) is 7.88. The number of carbonyl (C=O) groups is 1. The molecule has 1 amide bonds. The highest BCUT2D eigenvalue weighted by atomic mass is 19.1. The molecule has 0 unspecified atom stereocenters. The van der Waals surface area contributed by atoms with Gasteiger partial charge in [-0.05, 0) is 32.8 Å². The van der Waals surface area contributed by atoms with Gasteiger partial charge in [0.15, 0.2) is 0 Å². The number of carbonyl (C=O) groups excluding carboxylic acids is 1. The van der Waals surface area contributed by atoms with E-state index in [2.05, 4.69) is 0 Å². The van der Waals surface area contributed by atoms with Crippen molar-refractivity contribution in [1.29, 1.82) is 0 Å². The minimum absolute atomic E-state index is 0.0363. The number of ether oxygens (including phenoxy) is 2. The molecule has 0 bridgehead atoms. The molecule has 0 aliphatic heterocycles. The first-order valence-corrected chi connectivity index (χ1v) is 7.57. The van der Waals surface area contributed by atoms with Crippen LogP contribution < -0.4 is 0 Å². The molecule has 0 aromatic heterocycles. The lowest BCUT2D eigenvalue weighted by Gasteiger charge is -2.34. The van der Waals surface area contributed by atoms with Crippen LogP contribution >= 0.6 is 0 Å². The highest BCUT2D eigenvalue weighted by molar-refractivity contribution is 5.68. The van der Waals surface area contributed by atoms with Crippen molar-refractivity contribution < 1.29 is 18.7 Å². The Morgan fingerprint density at radius 3 is 2.41 bits per heavy atom. The molecule has 1 rings (SSSR count). The van der Waals surface area contributed by atoms with E-state index < -0.39 is 6.67 Å². The summed E-state index contributed by atoms with van der Waals surface area (Å²) < 4.78 is 22.0. The number of benzene rings is 1. The van der Waals surface area contributed by atoms with Crippen LogP contribution in [0.5, 0.6) is 0 Å². The smallest absolute Gasteiger partial charge is 0.410 e. The van der Waals surface area contributed by atoms with E-state index in [4.69, 9.17) is 9.47 Å². The van der Waals surface area contributed by atoms with Crippen molar-refractivity contribution in [3.63, 3.8) is 0 Å². The van der Waals surface area contributed by atoms with Gasteiger partial charge in [-0.1, -0.05) is 30.3 Å². The average Bonchev–Trinajstić information content (AvgIpc) is 2.47. The van der Waals surface area contributed by atoms with Crippen LogP contribution in [0, 0.1) is 0 Å². The molecule has 0 aliphatic rings. The van der Waals surface area contributed by atoms with Crippen molar-refractivity contribution in [3.8, 4) is 0 Å². The van der Waals surface area contributed by atoms with Gasteiger partial charge in [-0.3, -0.25) is 0 Å². The number of rotatable bonds is 8. The molecule has 22 heavy (non-hydrogen) atoms. The Hall–Kier alpha value is -1.62. The molecule has 0 N–H and O–H groups in total. The van der Waals surface area contributed by atoms with E-state index in [1.807, 2.05) is 51.1 Å². The van der Waals surface area contributed by atoms with E-state index in [1.165, 1.54) is 5.56 Å². The maximum absolute atomic E-state index is 12.2. The van der Waals surface area contributed by atoms with E-state index in [-0.39, 0.29) is 31.5 Å². The third kappa shape index (κ3) is 6.89. The summed E-state index contributed by atoms with van der Waals surface area (Å²) in [6.45, 7) is 6.35. The van der Waals surface area contributed by atoms with E-state index in [1.54, 1.807) is 4.90 Å². The third-order valence-corrected chi connectivity index (χ3v) is 3.17. The Morgan fingerprint density at radius 1 is 1.14 bits per heavy atom. The molecule has 0 saturated carbocycles. The van der Waals surface area contributed by atoms with E-state index in [9.17, 15) is 9.18 Å². The van der Waals surface area contributed by atoms with Crippen molar-refractivity contribution in [1.82, 2.24) is 4.90 Å². The van der Waals surface area contributed by atoms with Crippen LogP contribution in [0.25, 0.3) is 0 Å². The third-order valence-electron chi connectivity index (χ3n) is 3.17. The minimum atomic E-state index is -0.529. The zero-order valence-corrected chi connectivity index (χ0v) is 13.7. The second kappa shape index (κ2) is 9.41. The lowest BCUT2D eigenvalue weighted by molar-refractivity contribution is 0.0352. The second-order valence-corrected chi connectivity index (χ2v) is 5.97. The van der Waals surface area contributed by atoms with Crippen molar-refractivity contribution in [3.05, 3.63) is 35.9 Å². The highest BCUT2D eigenvalue weighted by Crippen LogP contribution is 2.16. The molecule has 0 aliphatic carbocycles. The maximum Gasteiger partial charge on any atom is 0.410 e. The fraction of sp³-hybridized carbons (Fsp3) is 0.588. The second-order valence-electron chi connectivity index (χ2n) is 5.97. The summed E-state index contributed by atoms with van der Waals surface area (Å²) in [5, 5.41) is 0. The van der Waals surface area contributed by atoms with E-state index in [0.717, 1.165) is 6.42 Å². The Balaban J connectivity index is 2.48. The van der Waals surface area contributed by atoms with Gasteiger partial charge in [0.1, 0.15) is 13.3 Å². The lowest BCUT2D eigenvalue weighted by Crippen LogP contribution is -2.47. The molecule has 0 radical (unpaired) electrons. The summed E-state index contributed by atoms with van der Waals surface area (Å²) in [6.07, 6.45) is 0.401. The fourth-order valence-electron chi connectivity index (χ4n) is 2.01. The topological polar surface area (TPSA) is 38.8 Å². The standard InChI is InChI=1S/C17H26FNO3/c1-17(2,3)19(11-9-15-7-5-4-6-8-15)16(20)22-14-13-21-12-10-18/h4-8H,9-14H2,1-3H3. The van der Waals surface area contributed by atoms with Crippen LogP contribution in [0.15, 0.2) is 30.3 Å². The van der Waals surface area contributed by atoms with Gasteiger partial charge in [0.2, 0.25) is 0 Å². The average molecular weight is 311 g/mol. The van der Waals surface area contributed by atoms with Crippen LogP contribution in [0.2, 0.25) is 0 Å². The van der Waals surface area contributed by atoms with Gasteiger partial charge in [-0.25, -0.2) is 9.18 Å². The van der Waals surface area contributed by atoms with Crippen molar-refractivity contribution >= 4 is 6.09 Å². The lowest BCUT2D eigenvalue weighted by atomic mass is 10.1. The molecule has 4 nitrogen and oxygen atoms in total. The molecule has 1 aromatic rings. The molecule has 0 spiro atoms. The summed E-state index contributed by atoms with van der Waals surface area (Å²) in [5.41, 5.74) is 0.849. The fourth-order valence-corrected chi connectivity index (χ4v) is 2.01. The van der Waals surface area contributed by atoms with Gasteiger partial charge in [-0.15, -0.1) is 0 Å². The summed E-state index contributed by atoms with van der Waals surface area (Å²) in [5.74, 6) is 0. The first kappa shape index (κ1) is 18.4. The summed E-state index contributed by atoms with van der Waals surface area (Å²) in [4.78, 5) is 13.9. The number of amides is 1. The number of hydrogen-bond donors (Lipinski definition) is 0. The number of hydrogen-bond acceptors (Lipinski definition) is 3. The van der Waals surface area contributed by atoms with Crippen molar-refractivity contribution in [2.24, 2.45) is 0 Å². The first-order valence-electron chi connectivity index (χ1n) is 7.57. The summed E-state index contributed by atoms with van der Waals surface area (Å²) in [6, 6.07) is 10.0. The molecule has 1 aromatic carbocycles. The van der Waals surface area contributed by atoms with Gasteiger partial charge in [0.25, 0.3) is 0 Å². The Morgan fingerprint density at radius 2 is 1.82 bits per heavy atom. The van der Waals surface area contributed by atoms with Gasteiger partial charge < -0.3 is 14.4 Å². The predicted molar refractivity (Wildman–Crippen MR) is 84.7 cm³/mol. The zero-order valence-electron chi connectivity index (χ0n) is 13.7. The number of alkyl halides is 1. The molecule has 124 valence electrons. The quantitative estimate of drug-likeness (QED) is 0.690. The zero-order chi connectivity index (χ0) is 16.4. The van der Waals surface area contributed by atoms with Gasteiger partial charge in [-0.2, -0.15) is 0 Å². The maximum atomic E-state index is 12.2. The van der Waals surface area contributed by atoms with Crippen LogP contribution in [-0.4, -0.2) is 49.6 Å². The molecule has 0 atom stereocenters. The molecule has 0 fully saturated rings. The SMILES string of the molecule is CC(C)(C)N(CCc1ccccc1)C(=O)OCCOCCF. The molecular weight excluding hydrogens is 285 g/mol. The molecule has 0 saturated heterocycles. The largest absolute Gasteiger partial charge is 0.447 e. The molecule has 5 heteroatoms. The van der Waals surface area contributed by atoms with Gasteiger partial charge >= 0.3 is 6.09 Å². The van der Waals surface area contributed by atoms with Crippen LogP contribution in [-0.2, 0) is 15.9 Å². The van der Waals surface area contributed by atoms with Crippen LogP contribution in [0.3, 0.4) is 0 Å².